The smallest absolute Gasteiger partial charge is 0.224 e. The lowest BCUT2D eigenvalue weighted by molar-refractivity contribution is -0.130. The van der Waals surface area contributed by atoms with Gasteiger partial charge in [-0.15, -0.1) is 0 Å². The van der Waals surface area contributed by atoms with Crippen molar-refractivity contribution in [3.05, 3.63) is 34.6 Å². The highest BCUT2D eigenvalue weighted by Crippen LogP contribution is 2.19. The average Bonchev–Trinajstić information content (AvgIpc) is 2.97. The van der Waals surface area contributed by atoms with Gasteiger partial charge in [0.15, 0.2) is 0 Å². The number of carbonyl (C=O) groups excluding carboxylic acids is 2. The topological polar surface area (TPSA) is 49.4 Å². The Hall–Kier alpha value is -1.62. The van der Waals surface area contributed by atoms with E-state index >= 15 is 0 Å². The molecule has 1 heterocycles. The number of carbonyl (C=O) groups is 2. The van der Waals surface area contributed by atoms with E-state index in [4.69, 9.17) is 11.6 Å². The van der Waals surface area contributed by atoms with Crippen molar-refractivity contribution in [3.8, 4) is 0 Å². The Bertz CT molecular complexity index is 510. The highest BCUT2D eigenvalue weighted by atomic mass is 35.5. The van der Waals surface area contributed by atoms with Crippen molar-refractivity contribution in [3.63, 3.8) is 0 Å². The van der Waals surface area contributed by atoms with Crippen molar-refractivity contribution in [1.82, 2.24) is 10.2 Å². The van der Waals surface area contributed by atoms with Gasteiger partial charge in [0.05, 0.1) is 6.42 Å². The minimum absolute atomic E-state index is 0.0525. The molecule has 0 aromatic heterocycles. The SMILES string of the molecule is O=C(Cc1c(F)cccc1Cl)NCCC(=O)N1CCCC1. The number of hydrogen-bond acceptors (Lipinski definition) is 2. The van der Waals surface area contributed by atoms with E-state index < -0.39 is 5.82 Å². The lowest BCUT2D eigenvalue weighted by Gasteiger charge is -2.15. The van der Waals surface area contributed by atoms with Crippen molar-refractivity contribution < 1.29 is 14.0 Å². The molecule has 1 aliphatic heterocycles. The van der Waals surface area contributed by atoms with Gasteiger partial charge in [0.2, 0.25) is 11.8 Å². The lowest BCUT2D eigenvalue weighted by atomic mass is 10.1. The summed E-state index contributed by atoms with van der Waals surface area (Å²) in [6.45, 7) is 1.87. The van der Waals surface area contributed by atoms with Crippen LogP contribution in [0.15, 0.2) is 18.2 Å². The van der Waals surface area contributed by atoms with E-state index in [9.17, 15) is 14.0 Å². The van der Waals surface area contributed by atoms with E-state index in [2.05, 4.69) is 5.32 Å². The van der Waals surface area contributed by atoms with Gasteiger partial charge in [-0.1, -0.05) is 17.7 Å². The third-order valence-electron chi connectivity index (χ3n) is 3.52. The highest BCUT2D eigenvalue weighted by Gasteiger charge is 2.17. The number of halogens is 2. The molecule has 2 amide bonds. The van der Waals surface area contributed by atoms with Crippen molar-refractivity contribution in [2.75, 3.05) is 19.6 Å². The molecule has 0 unspecified atom stereocenters. The first-order valence-electron chi connectivity index (χ1n) is 7.05. The molecule has 0 atom stereocenters. The Kier molecular flexibility index (Phi) is 5.56. The second-order valence-electron chi connectivity index (χ2n) is 5.06. The van der Waals surface area contributed by atoms with E-state index in [1.807, 2.05) is 0 Å². The number of rotatable bonds is 5. The predicted octanol–water partition coefficient (Wildman–Crippen LogP) is 2.15. The standard InChI is InChI=1S/C15H18ClFN2O2/c16-12-4-3-5-13(17)11(12)10-14(20)18-7-6-15(21)19-8-1-2-9-19/h3-5H,1-2,6-10H2,(H,18,20). The molecule has 0 radical (unpaired) electrons. The fourth-order valence-electron chi connectivity index (χ4n) is 2.36. The average molecular weight is 313 g/mol. The Balaban J connectivity index is 1.76. The summed E-state index contributed by atoms with van der Waals surface area (Å²) in [7, 11) is 0. The Labute approximate surface area is 128 Å². The van der Waals surface area contributed by atoms with Gasteiger partial charge in [-0.3, -0.25) is 9.59 Å². The third-order valence-corrected chi connectivity index (χ3v) is 3.87. The molecule has 1 aromatic carbocycles. The summed E-state index contributed by atoms with van der Waals surface area (Å²) >= 11 is 5.86. The fourth-order valence-corrected chi connectivity index (χ4v) is 2.59. The van der Waals surface area contributed by atoms with Crippen LogP contribution in [0.25, 0.3) is 0 Å². The number of likely N-dealkylation sites (tertiary alicyclic amines) is 1. The maximum absolute atomic E-state index is 13.5. The number of nitrogens with zero attached hydrogens (tertiary/aromatic N) is 1. The molecule has 0 aliphatic carbocycles. The van der Waals surface area contributed by atoms with E-state index in [0.29, 0.717) is 0 Å². The van der Waals surface area contributed by atoms with Crippen LogP contribution < -0.4 is 5.32 Å². The largest absolute Gasteiger partial charge is 0.355 e. The van der Waals surface area contributed by atoms with Crippen LogP contribution in [0.5, 0.6) is 0 Å². The summed E-state index contributed by atoms with van der Waals surface area (Å²) in [5.41, 5.74) is 0.183. The predicted molar refractivity (Wildman–Crippen MR) is 78.6 cm³/mol. The molecule has 1 aromatic rings. The summed E-state index contributed by atoms with van der Waals surface area (Å²) in [5.74, 6) is -0.779. The second kappa shape index (κ2) is 7.41. The molecule has 1 fully saturated rings. The fraction of sp³-hybridized carbons (Fsp3) is 0.467. The molecule has 1 N–H and O–H groups in total. The molecule has 0 saturated carbocycles. The Morgan fingerprint density at radius 2 is 2.00 bits per heavy atom. The van der Waals surface area contributed by atoms with Gasteiger partial charge in [0.1, 0.15) is 5.82 Å². The molecule has 114 valence electrons. The van der Waals surface area contributed by atoms with E-state index in [-0.39, 0.29) is 41.8 Å². The van der Waals surface area contributed by atoms with Gasteiger partial charge >= 0.3 is 0 Å². The first-order valence-corrected chi connectivity index (χ1v) is 7.43. The van der Waals surface area contributed by atoms with Crippen LogP contribution >= 0.6 is 11.6 Å². The summed E-state index contributed by atoms with van der Waals surface area (Å²) in [4.78, 5) is 25.4. The number of hydrogen-bond donors (Lipinski definition) is 1. The molecule has 2 rings (SSSR count). The Morgan fingerprint density at radius 1 is 1.29 bits per heavy atom. The molecular formula is C15H18ClFN2O2. The van der Waals surface area contributed by atoms with Crippen LogP contribution in [-0.4, -0.2) is 36.3 Å². The summed E-state index contributed by atoms with van der Waals surface area (Å²) in [5, 5.41) is 2.86. The molecular weight excluding hydrogens is 295 g/mol. The first-order chi connectivity index (χ1) is 10.1. The van der Waals surface area contributed by atoms with Crippen molar-refractivity contribution in [2.45, 2.75) is 25.7 Å². The molecule has 4 nitrogen and oxygen atoms in total. The molecule has 0 bridgehead atoms. The zero-order valence-electron chi connectivity index (χ0n) is 11.7. The highest BCUT2D eigenvalue weighted by molar-refractivity contribution is 6.31. The molecule has 6 heteroatoms. The van der Waals surface area contributed by atoms with Gasteiger partial charge in [-0.2, -0.15) is 0 Å². The third kappa shape index (κ3) is 4.43. The van der Waals surface area contributed by atoms with Gasteiger partial charge in [0.25, 0.3) is 0 Å². The molecule has 0 spiro atoms. The summed E-state index contributed by atoms with van der Waals surface area (Å²) < 4.78 is 13.5. The summed E-state index contributed by atoms with van der Waals surface area (Å²) in [6, 6.07) is 4.31. The molecule has 1 aliphatic rings. The monoisotopic (exact) mass is 312 g/mol. The minimum Gasteiger partial charge on any atom is -0.355 e. The number of nitrogens with one attached hydrogen (secondary N) is 1. The Morgan fingerprint density at radius 3 is 2.67 bits per heavy atom. The van der Waals surface area contributed by atoms with Crippen molar-refractivity contribution in [2.24, 2.45) is 0 Å². The maximum Gasteiger partial charge on any atom is 0.224 e. The normalized spacial score (nSPS) is 14.3. The van der Waals surface area contributed by atoms with Gasteiger partial charge in [-0.25, -0.2) is 4.39 Å². The maximum atomic E-state index is 13.5. The zero-order chi connectivity index (χ0) is 15.2. The lowest BCUT2D eigenvalue weighted by Crippen LogP contribution is -2.33. The van der Waals surface area contributed by atoms with Gasteiger partial charge in [-0.05, 0) is 25.0 Å². The van der Waals surface area contributed by atoms with Crippen LogP contribution in [0.3, 0.4) is 0 Å². The number of amides is 2. The van der Waals surface area contributed by atoms with Crippen molar-refractivity contribution in [1.29, 1.82) is 0 Å². The van der Waals surface area contributed by atoms with Crippen LogP contribution in [-0.2, 0) is 16.0 Å². The molecule has 21 heavy (non-hydrogen) atoms. The second-order valence-corrected chi connectivity index (χ2v) is 5.47. The van der Waals surface area contributed by atoms with E-state index in [1.165, 1.54) is 12.1 Å². The van der Waals surface area contributed by atoms with Crippen LogP contribution in [0, 0.1) is 5.82 Å². The van der Waals surface area contributed by atoms with Gasteiger partial charge in [0, 0.05) is 36.6 Å². The summed E-state index contributed by atoms with van der Waals surface area (Å²) in [6.07, 6.45) is 2.24. The first kappa shape index (κ1) is 15.8. The minimum atomic E-state index is -0.495. The molecule has 1 saturated heterocycles. The van der Waals surface area contributed by atoms with Crippen molar-refractivity contribution >= 4 is 23.4 Å². The van der Waals surface area contributed by atoms with E-state index in [1.54, 1.807) is 11.0 Å². The van der Waals surface area contributed by atoms with E-state index in [0.717, 1.165) is 25.9 Å². The number of benzene rings is 1. The zero-order valence-corrected chi connectivity index (χ0v) is 12.5. The quantitative estimate of drug-likeness (QED) is 0.905. The van der Waals surface area contributed by atoms with Gasteiger partial charge < -0.3 is 10.2 Å². The van der Waals surface area contributed by atoms with Crippen LogP contribution in [0.1, 0.15) is 24.8 Å². The van der Waals surface area contributed by atoms with Crippen LogP contribution in [0.2, 0.25) is 5.02 Å². The van der Waals surface area contributed by atoms with Crippen LogP contribution in [0.4, 0.5) is 4.39 Å².